The summed E-state index contributed by atoms with van der Waals surface area (Å²) in [5.74, 6) is 1.40. The van der Waals surface area contributed by atoms with E-state index >= 15 is 0 Å². The first kappa shape index (κ1) is 15.1. The lowest BCUT2D eigenvalue weighted by atomic mass is 9.96. The summed E-state index contributed by atoms with van der Waals surface area (Å²) in [4.78, 5) is 15.0. The van der Waals surface area contributed by atoms with E-state index in [9.17, 15) is 0 Å². The number of benzene rings is 1. The molecule has 2 aromatic heterocycles. The van der Waals surface area contributed by atoms with E-state index in [-0.39, 0.29) is 5.54 Å². The Morgan fingerprint density at radius 1 is 1.25 bits per heavy atom. The molecule has 4 rings (SSSR count). The molecule has 124 valence electrons. The van der Waals surface area contributed by atoms with Crippen molar-refractivity contribution >= 4 is 16.7 Å². The molecule has 0 radical (unpaired) electrons. The lowest BCUT2D eigenvalue weighted by molar-refractivity contribution is 0.138. The van der Waals surface area contributed by atoms with E-state index in [0.717, 1.165) is 37.4 Å². The molecular weight excluding hydrogens is 298 g/mol. The fraction of sp³-hybridized carbons (Fsp3) is 0.368. The average Bonchev–Trinajstić information content (AvgIpc) is 3.14. The third kappa shape index (κ3) is 2.55. The third-order valence-electron chi connectivity index (χ3n) is 5.14. The second kappa shape index (κ2) is 5.60. The highest BCUT2D eigenvalue weighted by atomic mass is 15.2. The molecule has 1 aliphatic rings. The van der Waals surface area contributed by atoms with Crippen LogP contribution in [0.1, 0.15) is 36.8 Å². The number of H-pyrrole nitrogens is 1. The van der Waals surface area contributed by atoms with E-state index in [0.29, 0.717) is 5.82 Å². The van der Waals surface area contributed by atoms with E-state index in [1.807, 2.05) is 19.2 Å². The average molecular weight is 321 g/mol. The number of nitrogens with zero attached hydrogens (tertiary/aromatic N) is 3. The van der Waals surface area contributed by atoms with Crippen molar-refractivity contribution in [3.05, 3.63) is 53.6 Å². The van der Waals surface area contributed by atoms with Gasteiger partial charge in [0.05, 0.1) is 5.54 Å². The van der Waals surface area contributed by atoms with E-state index in [4.69, 9.17) is 5.73 Å². The Hall–Kier alpha value is -2.40. The summed E-state index contributed by atoms with van der Waals surface area (Å²) in [7, 11) is 0. The first-order valence-corrected chi connectivity index (χ1v) is 8.47. The Bertz CT molecular complexity index is 864. The Morgan fingerprint density at radius 3 is 2.96 bits per heavy atom. The predicted molar refractivity (Wildman–Crippen MR) is 96.5 cm³/mol. The van der Waals surface area contributed by atoms with Crippen LogP contribution in [0.4, 0.5) is 5.82 Å². The number of aromatic nitrogens is 3. The van der Waals surface area contributed by atoms with Gasteiger partial charge in [0.15, 0.2) is 5.82 Å². The van der Waals surface area contributed by atoms with Crippen molar-refractivity contribution in [2.45, 2.75) is 38.8 Å². The monoisotopic (exact) mass is 321 g/mol. The molecule has 5 heteroatoms. The van der Waals surface area contributed by atoms with E-state index in [1.54, 1.807) is 0 Å². The molecule has 0 bridgehead atoms. The van der Waals surface area contributed by atoms with Crippen LogP contribution >= 0.6 is 0 Å². The number of hydrogen-bond acceptors (Lipinski definition) is 4. The highest BCUT2D eigenvalue weighted by molar-refractivity contribution is 5.79. The number of nitrogen functional groups attached to an aromatic ring is 1. The minimum absolute atomic E-state index is 0.159. The van der Waals surface area contributed by atoms with Gasteiger partial charge in [0.1, 0.15) is 5.82 Å². The maximum Gasteiger partial charge on any atom is 0.150 e. The minimum Gasteiger partial charge on any atom is -0.384 e. The summed E-state index contributed by atoms with van der Waals surface area (Å²) in [5.41, 5.74) is 9.23. The topological polar surface area (TPSA) is 70.8 Å². The van der Waals surface area contributed by atoms with Crippen LogP contribution in [-0.4, -0.2) is 26.4 Å². The number of fused-ring (bicyclic) bond motifs is 1. The summed E-state index contributed by atoms with van der Waals surface area (Å²) in [6.45, 7) is 6.17. The maximum atomic E-state index is 5.96. The number of nitrogens with two attached hydrogens (primary N) is 1. The van der Waals surface area contributed by atoms with Crippen LogP contribution in [0.15, 0.2) is 36.5 Å². The van der Waals surface area contributed by atoms with E-state index < -0.39 is 0 Å². The molecule has 3 heterocycles. The molecule has 24 heavy (non-hydrogen) atoms. The van der Waals surface area contributed by atoms with Crippen LogP contribution in [0.2, 0.25) is 0 Å². The highest BCUT2D eigenvalue weighted by Gasteiger charge is 2.40. The largest absolute Gasteiger partial charge is 0.384 e. The maximum absolute atomic E-state index is 5.96. The molecule has 1 aromatic carbocycles. The molecule has 1 fully saturated rings. The van der Waals surface area contributed by atoms with E-state index in [1.165, 1.54) is 16.5 Å². The quantitative estimate of drug-likeness (QED) is 0.776. The van der Waals surface area contributed by atoms with Crippen LogP contribution < -0.4 is 5.73 Å². The molecule has 0 aliphatic carbocycles. The minimum atomic E-state index is -0.159. The fourth-order valence-electron chi connectivity index (χ4n) is 3.78. The zero-order valence-electron chi connectivity index (χ0n) is 14.2. The zero-order valence-corrected chi connectivity index (χ0v) is 14.2. The van der Waals surface area contributed by atoms with E-state index in [2.05, 4.69) is 51.0 Å². The Kier molecular flexibility index (Phi) is 3.53. The second-order valence-electron chi connectivity index (χ2n) is 6.96. The lowest BCUT2D eigenvalue weighted by Crippen LogP contribution is -2.39. The van der Waals surface area contributed by atoms with Gasteiger partial charge in [0.2, 0.25) is 0 Å². The SMILES string of the molecule is Cc1cc(N)nc(C2(C)CCCN2Cc2ccc3[nH]ccc3c2)n1. The number of rotatable bonds is 3. The molecule has 5 nitrogen and oxygen atoms in total. The number of likely N-dealkylation sites (tertiary alicyclic amines) is 1. The van der Waals surface area contributed by atoms with Gasteiger partial charge in [-0.3, -0.25) is 4.90 Å². The van der Waals surface area contributed by atoms with Crippen molar-refractivity contribution in [2.24, 2.45) is 0 Å². The Balaban J connectivity index is 1.66. The van der Waals surface area contributed by atoms with Crippen molar-refractivity contribution in [3.63, 3.8) is 0 Å². The molecular formula is C19H23N5. The van der Waals surface area contributed by atoms with Crippen molar-refractivity contribution in [2.75, 3.05) is 12.3 Å². The molecule has 3 N–H and O–H groups in total. The fourth-order valence-corrected chi connectivity index (χ4v) is 3.78. The number of anilines is 1. The lowest BCUT2D eigenvalue weighted by Gasteiger charge is -2.34. The molecule has 1 atom stereocenters. The van der Waals surface area contributed by atoms with Crippen molar-refractivity contribution in [1.82, 2.24) is 19.9 Å². The second-order valence-corrected chi connectivity index (χ2v) is 6.96. The summed E-state index contributed by atoms with van der Waals surface area (Å²) >= 11 is 0. The first-order chi connectivity index (χ1) is 11.5. The molecule has 0 saturated carbocycles. The summed E-state index contributed by atoms with van der Waals surface area (Å²) < 4.78 is 0. The number of aromatic amines is 1. The standard InChI is InChI=1S/C19H23N5/c1-13-10-17(20)23-18(22-13)19(2)7-3-9-24(19)12-14-4-5-16-15(11-14)6-8-21-16/h4-6,8,10-11,21H,3,7,9,12H2,1-2H3,(H2,20,22,23). The summed E-state index contributed by atoms with van der Waals surface area (Å²) in [6, 6.07) is 10.6. The number of aryl methyl sites for hydroxylation is 1. The zero-order chi connectivity index (χ0) is 16.7. The van der Waals surface area contributed by atoms with Gasteiger partial charge in [-0.25, -0.2) is 9.97 Å². The molecule has 1 unspecified atom stereocenters. The van der Waals surface area contributed by atoms with Crippen molar-refractivity contribution < 1.29 is 0 Å². The van der Waals surface area contributed by atoms with Crippen LogP contribution in [0.3, 0.4) is 0 Å². The summed E-state index contributed by atoms with van der Waals surface area (Å²) in [5, 5.41) is 1.25. The van der Waals surface area contributed by atoms with Crippen molar-refractivity contribution in [1.29, 1.82) is 0 Å². The predicted octanol–water partition coefficient (Wildman–Crippen LogP) is 3.36. The smallest absolute Gasteiger partial charge is 0.150 e. The van der Waals surface area contributed by atoms with Gasteiger partial charge in [-0.05, 0) is 62.4 Å². The van der Waals surface area contributed by atoms with Gasteiger partial charge in [-0.2, -0.15) is 0 Å². The van der Waals surface area contributed by atoms with Crippen LogP contribution in [0.5, 0.6) is 0 Å². The van der Waals surface area contributed by atoms with Crippen LogP contribution in [0, 0.1) is 6.92 Å². The summed E-state index contributed by atoms with van der Waals surface area (Å²) in [6.07, 6.45) is 4.19. The highest BCUT2D eigenvalue weighted by Crippen LogP contribution is 2.38. The van der Waals surface area contributed by atoms with Gasteiger partial charge in [-0.15, -0.1) is 0 Å². The van der Waals surface area contributed by atoms with Gasteiger partial charge in [-0.1, -0.05) is 6.07 Å². The first-order valence-electron chi connectivity index (χ1n) is 8.47. The Labute approximate surface area is 141 Å². The normalized spacial score (nSPS) is 21.6. The van der Waals surface area contributed by atoms with Gasteiger partial charge in [0, 0.05) is 30.0 Å². The molecule has 3 aromatic rings. The van der Waals surface area contributed by atoms with Crippen LogP contribution in [0.25, 0.3) is 10.9 Å². The molecule has 0 amide bonds. The molecule has 1 saturated heterocycles. The Morgan fingerprint density at radius 2 is 2.12 bits per heavy atom. The number of hydrogen-bond donors (Lipinski definition) is 2. The van der Waals surface area contributed by atoms with Gasteiger partial charge in [0.25, 0.3) is 0 Å². The van der Waals surface area contributed by atoms with Gasteiger partial charge >= 0.3 is 0 Å². The third-order valence-corrected chi connectivity index (χ3v) is 5.14. The van der Waals surface area contributed by atoms with Gasteiger partial charge < -0.3 is 10.7 Å². The molecule has 0 spiro atoms. The molecule has 1 aliphatic heterocycles. The van der Waals surface area contributed by atoms with Crippen LogP contribution in [-0.2, 0) is 12.1 Å². The van der Waals surface area contributed by atoms with Crippen molar-refractivity contribution in [3.8, 4) is 0 Å². The number of nitrogens with one attached hydrogen (secondary N) is 1.